The van der Waals surface area contributed by atoms with Crippen LogP contribution in [-0.4, -0.2) is 29.1 Å². The lowest BCUT2D eigenvalue weighted by molar-refractivity contribution is 0.0150. The number of nitrogens with zero attached hydrogens (tertiary/aromatic N) is 2. The van der Waals surface area contributed by atoms with Gasteiger partial charge in [-0.3, -0.25) is 4.90 Å². The van der Waals surface area contributed by atoms with Crippen LogP contribution in [-0.2, 0) is 6.54 Å². The van der Waals surface area contributed by atoms with Crippen molar-refractivity contribution in [3.05, 3.63) is 45.4 Å². The van der Waals surface area contributed by atoms with Gasteiger partial charge in [0.05, 0.1) is 10.7 Å². The quantitative estimate of drug-likeness (QED) is 0.863. The standard InChI is InChI=1S/C16H20N2OS/c1-11-4-6-14(7-5-11)19-15-8-18(9-15)10-16-12(2)17-13(3)20-16/h4-7,15H,8-10H2,1-3H3. The van der Waals surface area contributed by atoms with Crippen LogP contribution in [0.1, 0.15) is 21.1 Å². The van der Waals surface area contributed by atoms with E-state index in [9.17, 15) is 0 Å². The molecular formula is C16H20N2OS. The predicted octanol–water partition coefficient (Wildman–Crippen LogP) is 3.33. The fourth-order valence-corrected chi connectivity index (χ4v) is 3.44. The molecule has 20 heavy (non-hydrogen) atoms. The maximum Gasteiger partial charge on any atom is 0.124 e. The first kappa shape index (κ1) is 13.6. The van der Waals surface area contributed by atoms with Gasteiger partial charge in [-0.2, -0.15) is 0 Å². The van der Waals surface area contributed by atoms with E-state index in [0.717, 1.165) is 30.4 Å². The van der Waals surface area contributed by atoms with Gasteiger partial charge in [0.1, 0.15) is 11.9 Å². The van der Waals surface area contributed by atoms with Crippen LogP contribution in [0.2, 0.25) is 0 Å². The van der Waals surface area contributed by atoms with Gasteiger partial charge < -0.3 is 4.74 Å². The lowest BCUT2D eigenvalue weighted by Crippen LogP contribution is -2.53. The highest BCUT2D eigenvalue weighted by atomic mass is 32.1. The molecule has 0 bridgehead atoms. The van der Waals surface area contributed by atoms with Gasteiger partial charge in [-0.05, 0) is 32.9 Å². The summed E-state index contributed by atoms with van der Waals surface area (Å²) in [6, 6.07) is 8.29. The zero-order chi connectivity index (χ0) is 14.1. The van der Waals surface area contributed by atoms with Crippen molar-refractivity contribution in [3.8, 4) is 5.75 Å². The van der Waals surface area contributed by atoms with Crippen LogP contribution in [0.15, 0.2) is 24.3 Å². The third kappa shape index (κ3) is 3.02. The molecule has 106 valence electrons. The number of benzene rings is 1. The van der Waals surface area contributed by atoms with Crippen LogP contribution in [0.5, 0.6) is 5.75 Å². The van der Waals surface area contributed by atoms with E-state index in [-0.39, 0.29) is 0 Å². The molecule has 0 saturated carbocycles. The molecule has 1 saturated heterocycles. The summed E-state index contributed by atoms with van der Waals surface area (Å²) in [4.78, 5) is 8.28. The van der Waals surface area contributed by atoms with E-state index >= 15 is 0 Å². The van der Waals surface area contributed by atoms with Gasteiger partial charge in [0.25, 0.3) is 0 Å². The largest absolute Gasteiger partial charge is 0.488 e. The first-order valence-electron chi connectivity index (χ1n) is 6.99. The molecule has 2 aromatic rings. The van der Waals surface area contributed by atoms with Gasteiger partial charge >= 0.3 is 0 Å². The highest BCUT2D eigenvalue weighted by molar-refractivity contribution is 7.11. The minimum atomic E-state index is 0.326. The number of hydrogen-bond donors (Lipinski definition) is 0. The van der Waals surface area contributed by atoms with Crippen molar-refractivity contribution in [3.63, 3.8) is 0 Å². The van der Waals surface area contributed by atoms with Gasteiger partial charge in [0.2, 0.25) is 0 Å². The van der Waals surface area contributed by atoms with Crippen LogP contribution in [0.4, 0.5) is 0 Å². The molecule has 1 aliphatic heterocycles. The van der Waals surface area contributed by atoms with Gasteiger partial charge in [0.15, 0.2) is 0 Å². The van der Waals surface area contributed by atoms with Crippen LogP contribution < -0.4 is 4.74 Å². The Balaban J connectivity index is 1.49. The average Bonchev–Trinajstić information content (AvgIpc) is 2.68. The number of thiazole rings is 1. The molecule has 0 unspecified atom stereocenters. The molecule has 0 spiro atoms. The molecule has 0 radical (unpaired) electrons. The van der Waals surface area contributed by atoms with E-state index in [0.29, 0.717) is 6.10 Å². The topological polar surface area (TPSA) is 25.4 Å². The number of aromatic nitrogens is 1. The van der Waals surface area contributed by atoms with Crippen molar-refractivity contribution in [2.45, 2.75) is 33.4 Å². The molecule has 3 rings (SSSR count). The summed E-state index contributed by atoms with van der Waals surface area (Å²) >= 11 is 1.81. The van der Waals surface area contributed by atoms with Gasteiger partial charge in [-0.15, -0.1) is 11.3 Å². The second kappa shape index (κ2) is 5.54. The Bertz CT molecular complexity index is 585. The highest BCUT2D eigenvalue weighted by Crippen LogP contribution is 2.24. The normalized spacial score (nSPS) is 16.1. The molecule has 0 amide bonds. The number of rotatable bonds is 4. The third-order valence-corrected chi connectivity index (χ3v) is 4.67. The van der Waals surface area contributed by atoms with Crippen molar-refractivity contribution in [2.24, 2.45) is 0 Å². The van der Waals surface area contributed by atoms with Gasteiger partial charge in [-0.1, -0.05) is 17.7 Å². The molecular weight excluding hydrogens is 268 g/mol. The molecule has 2 heterocycles. The zero-order valence-corrected chi connectivity index (χ0v) is 13.0. The first-order valence-corrected chi connectivity index (χ1v) is 7.80. The lowest BCUT2D eigenvalue weighted by atomic mass is 10.1. The van der Waals surface area contributed by atoms with Crippen LogP contribution in [0.25, 0.3) is 0 Å². The van der Waals surface area contributed by atoms with E-state index < -0.39 is 0 Å². The van der Waals surface area contributed by atoms with Crippen LogP contribution >= 0.6 is 11.3 Å². The summed E-state index contributed by atoms with van der Waals surface area (Å²) < 4.78 is 5.95. The Morgan fingerprint density at radius 1 is 1.20 bits per heavy atom. The van der Waals surface area contributed by atoms with Crippen molar-refractivity contribution in [2.75, 3.05) is 13.1 Å². The van der Waals surface area contributed by atoms with Crippen molar-refractivity contribution < 1.29 is 4.74 Å². The molecule has 3 nitrogen and oxygen atoms in total. The monoisotopic (exact) mass is 288 g/mol. The predicted molar refractivity (Wildman–Crippen MR) is 82.5 cm³/mol. The van der Waals surface area contributed by atoms with E-state index in [1.54, 1.807) is 11.3 Å². The Labute approximate surface area is 124 Å². The number of ether oxygens (including phenoxy) is 1. The summed E-state index contributed by atoms with van der Waals surface area (Å²) in [5.74, 6) is 0.977. The molecule has 1 aromatic heterocycles. The first-order chi connectivity index (χ1) is 9.60. The number of likely N-dealkylation sites (tertiary alicyclic amines) is 1. The molecule has 0 N–H and O–H groups in total. The van der Waals surface area contributed by atoms with Crippen LogP contribution in [0.3, 0.4) is 0 Å². The Kier molecular flexibility index (Phi) is 3.76. The number of aryl methyl sites for hydroxylation is 3. The van der Waals surface area contributed by atoms with E-state index in [2.05, 4.69) is 54.9 Å². The second-order valence-corrected chi connectivity index (χ2v) is 6.78. The maximum atomic E-state index is 5.95. The highest BCUT2D eigenvalue weighted by Gasteiger charge is 2.29. The van der Waals surface area contributed by atoms with Crippen molar-refractivity contribution in [1.29, 1.82) is 0 Å². The Morgan fingerprint density at radius 2 is 1.90 bits per heavy atom. The lowest BCUT2D eigenvalue weighted by Gasteiger charge is -2.38. The smallest absolute Gasteiger partial charge is 0.124 e. The Morgan fingerprint density at radius 3 is 2.50 bits per heavy atom. The average molecular weight is 288 g/mol. The molecule has 4 heteroatoms. The fourth-order valence-electron chi connectivity index (χ4n) is 2.46. The van der Waals surface area contributed by atoms with Gasteiger partial charge in [-0.25, -0.2) is 4.98 Å². The number of hydrogen-bond acceptors (Lipinski definition) is 4. The van der Waals surface area contributed by atoms with Crippen LogP contribution in [0, 0.1) is 20.8 Å². The summed E-state index contributed by atoms with van der Waals surface area (Å²) in [6.45, 7) is 9.27. The zero-order valence-electron chi connectivity index (χ0n) is 12.2. The minimum absolute atomic E-state index is 0.326. The van der Waals surface area contributed by atoms with E-state index in [4.69, 9.17) is 4.74 Å². The maximum absolute atomic E-state index is 5.95. The minimum Gasteiger partial charge on any atom is -0.488 e. The third-order valence-electron chi connectivity index (χ3n) is 3.61. The van der Waals surface area contributed by atoms with Crippen molar-refractivity contribution >= 4 is 11.3 Å². The molecule has 1 fully saturated rings. The molecule has 1 aromatic carbocycles. The molecule has 0 aliphatic carbocycles. The van der Waals surface area contributed by atoms with E-state index in [1.807, 2.05) is 0 Å². The molecule has 0 atom stereocenters. The van der Waals surface area contributed by atoms with E-state index in [1.165, 1.54) is 16.1 Å². The summed E-state index contributed by atoms with van der Waals surface area (Å²) in [5.41, 5.74) is 2.44. The SMILES string of the molecule is Cc1ccc(OC2CN(Cc3sc(C)nc3C)C2)cc1. The molecule has 1 aliphatic rings. The van der Waals surface area contributed by atoms with Gasteiger partial charge in [0, 0.05) is 24.5 Å². The summed E-state index contributed by atoms with van der Waals surface area (Å²) in [5, 5.41) is 1.16. The van der Waals surface area contributed by atoms with Crippen molar-refractivity contribution in [1.82, 2.24) is 9.88 Å². The second-order valence-electron chi connectivity index (χ2n) is 5.49. The fraction of sp³-hybridized carbons (Fsp3) is 0.438. The Hall–Kier alpha value is -1.39. The summed E-state index contributed by atoms with van der Waals surface area (Å²) in [6.07, 6.45) is 0.326. The summed E-state index contributed by atoms with van der Waals surface area (Å²) in [7, 11) is 0.